The van der Waals surface area contributed by atoms with Crippen molar-refractivity contribution in [3.8, 4) is 0 Å². The van der Waals surface area contributed by atoms with E-state index in [4.69, 9.17) is 0 Å². The van der Waals surface area contributed by atoms with E-state index in [1.165, 1.54) is 33.4 Å². The Hall–Kier alpha value is -1.08. The quantitative estimate of drug-likeness (QED) is 0.574. The second kappa shape index (κ2) is 7.26. The van der Waals surface area contributed by atoms with Gasteiger partial charge in [-0.3, -0.25) is 0 Å². The second-order valence-electron chi connectivity index (χ2n) is 5.83. The van der Waals surface area contributed by atoms with Gasteiger partial charge in [0.15, 0.2) is 0 Å². The lowest BCUT2D eigenvalue weighted by Gasteiger charge is -2.16. The van der Waals surface area contributed by atoms with Gasteiger partial charge in [-0.15, -0.1) is 0 Å². The van der Waals surface area contributed by atoms with Crippen molar-refractivity contribution in [1.82, 2.24) is 0 Å². The van der Waals surface area contributed by atoms with Crippen molar-refractivity contribution in [2.45, 2.75) is 51.8 Å². The van der Waals surface area contributed by atoms with Crippen LogP contribution in [0.5, 0.6) is 0 Å². The normalized spacial score (nSPS) is 12.4. The van der Waals surface area contributed by atoms with Gasteiger partial charge in [-0.25, -0.2) is 0 Å². The van der Waals surface area contributed by atoms with Crippen LogP contribution in [0.2, 0.25) is 0 Å². The maximum absolute atomic E-state index is 3.92. The fourth-order valence-electron chi connectivity index (χ4n) is 2.73. The molecule has 0 aliphatic rings. The summed E-state index contributed by atoms with van der Waals surface area (Å²) in [6.07, 6.45) is 3.23. The van der Waals surface area contributed by atoms with Crippen molar-refractivity contribution in [2.75, 3.05) is 0 Å². The van der Waals surface area contributed by atoms with E-state index in [9.17, 15) is 0 Å². The Bertz CT molecular complexity index is 613. The topological polar surface area (TPSA) is 0 Å². The molecule has 1 atom stereocenters. The highest BCUT2D eigenvalue weighted by Crippen LogP contribution is 2.31. The first kappa shape index (κ1) is 16.3. The minimum atomic E-state index is 0.390. The largest absolute Gasteiger partial charge is 0.0835 e. The average molecular weight is 345 g/mol. The van der Waals surface area contributed by atoms with Gasteiger partial charge in [0.1, 0.15) is 0 Å². The molecule has 0 nitrogen and oxygen atoms in total. The number of halogens is 1. The summed E-state index contributed by atoms with van der Waals surface area (Å²) in [5.41, 5.74) is 8.49. The first-order valence-electron chi connectivity index (χ1n) is 7.87. The third kappa shape index (κ3) is 3.97. The van der Waals surface area contributed by atoms with E-state index < -0.39 is 0 Å². The first-order valence-corrected chi connectivity index (χ1v) is 8.78. The molecule has 1 unspecified atom stereocenters. The molecule has 0 fully saturated rings. The number of alkyl halides is 1. The predicted molar refractivity (Wildman–Crippen MR) is 96.5 cm³/mol. The van der Waals surface area contributed by atoms with Crippen LogP contribution >= 0.6 is 15.9 Å². The van der Waals surface area contributed by atoms with Crippen LogP contribution in [0.3, 0.4) is 0 Å². The van der Waals surface area contributed by atoms with Gasteiger partial charge in [0.25, 0.3) is 0 Å². The predicted octanol–water partition coefficient (Wildman–Crippen LogP) is 6.11. The molecule has 0 amide bonds. The van der Waals surface area contributed by atoms with Crippen molar-refractivity contribution < 1.29 is 0 Å². The molecule has 2 aromatic rings. The summed E-state index contributed by atoms with van der Waals surface area (Å²) in [7, 11) is 0. The Kier molecular flexibility index (Phi) is 5.64. The highest BCUT2D eigenvalue weighted by Gasteiger charge is 2.13. The number of rotatable bonds is 5. The molecule has 0 bridgehead atoms. The van der Waals surface area contributed by atoms with Crippen molar-refractivity contribution in [3.05, 3.63) is 69.8 Å². The SMILES string of the molecule is CCc1ccc(CC)c(C(Br)Cc2ccc(C)c(C)c2)c1. The number of benzene rings is 2. The van der Waals surface area contributed by atoms with Gasteiger partial charge in [0.05, 0.1) is 0 Å². The lowest BCUT2D eigenvalue weighted by atomic mass is 9.94. The number of hydrogen-bond acceptors (Lipinski definition) is 0. The van der Waals surface area contributed by atoms with Gasteiger partial charge in [0.2, 0.25) is 0 Å². The van der Waals surface area contributed by atoms with Gasteiger partial charge >= 0.3 is 0 Å². The highest BCUT2D eigenvalue weighted by molar-refractivity contribution is 9.09. The molecule has 0 radical (unpaired) electrons. The van der Waals surface area contributed by atoms with Crippen LogP contribution in [0, 0.1) is 13.8 Å². The highest BCUT2D eigenvalue weighted by atomic mass is 79.9. The molecule has 0 saturated heterocycles. The number of hydrogen-bond donors (Lipinski definition) is 0. The van der Waals surface area contributed by atoms with E-state index in [1.54, 1.807) is 0 Å². The van der Waals surface area contributed by atoms with E-state index >= 15 is 0 Å². The molecule has 0 aromatic heterocycles. The van der Waals surface area contributed by atoms with E-state index in [0.717, 1.165) is 19.3 Å². The van der Waals surface area contributed by atoms with Crippen molar-refractivity contribution >= 4 is 15.9 Å². The van der Waals surface area contributed by atoms with Gasteiger partial charge in [-0.1, -0.05) is 66.2 Å². The molecule has 0 N–H and O–H groups in total. The third-order valence-corrected chi connectivity index (χ3v) is 5.14. The average Bonchev–Trinajstić information content (AvgIpc) is 2.50. The Morgan fingerprint density at radius 3 is 2.19 bits per heavy atom. The van der Waals surface area contributed by atoms with Crippen LogP contribution in [0.4, 0.5) is 0 Å². The first-order chi connectivity index (χ1) is 10.0. The molecular weight excluding hydrogens is 320 g/mol. The van der Waals surface area contributed by atoms with Crippen LogP contribution in [0.1, 0.15) is 52.1 Å². The van der Waals surface area contributed by atoms with Crippen LogP contribution in [0.25, 0.3) is 0 Å². The van der Waals surface area contributed by atoms with Gasteiger partial charge < -0.3 is 0 Å². The Balaban J connectivity index is 2.26. The minimum Gasteiger partial charge on any atom is -0.0835 e. The lowest BCUT2D eigenvalue weighted by Crippen LogP contribution is -2.01. The molecular formula is C20H25Br. The minimum absolute atomic E-state index is 0.390. The van der Waals surface area contributed by atoms with Crippen molar-refractivity contribution in [1.29, 1.82) is 0 Å². The van der Waals surface area contributed by atoms with Crippen LogP contribution in [-0.4, -0.2) is 0 Å². The van der Waals surface area contributed by atoms with Crippen LogP contribution in [-0.2, 0) is 19.3 Å². The van der Waals surface area contributed by atoms with Gasteiger partial charge in [0, 0.05) is 4.83 Å². The summed E-state index contributed by atoms with van der Waals surface area (Å²) in [6, 6.07) is 13.7. The maximum atomic E-state index is 3.92. The summed E-state index contributed by atoms with van der Waals surface area (Å²) in [5.74, 6) is 0. The second-order valence-corrected chi connectivity index (χ2v) is 6.94. The summed E-state index contributed by atoms with van der Waals surface area (Å²) in [6.45, 7) is 8.82. The lowest BCUT2D eigenvalue weighted by molar-refractivity contribution is 0.912. The maximum Gasteiger partial charge on any atom is 0.0438 e. The molecule has 2 rings (SSSR count). The molecule has 0 spiro atoms. The molecule has 0 heterocycles. The molecule has 21 heavy (non-hydrogen) atoms. The molecule has 1 heteroatoms. The zero-order valence-corrected chi connectivity index (χ0v) is 15.1. The van der Waals surface area contributed by atoms with Crippen molar-refractivity contribution in [3.63, 3.8) is 0 Å². The van der Waals surface area contributed by atoms with Crippen LogP contribution in [0.15, 0.2) is 36.4 Å². The third-order valence-electron chi connectivity index (χ3n) is 4.32. The Labute approximate surface area is 137 Å². The Morgan fingerprint density at radius 2 is 1.57 bits per heavy atom. The molecule has 0 aliphatic carbocycles. The summed E-state index contributed by atoms with van der Waals surface area (Å²) >= 11 is 3.92. The fraction of sp³-hybridized carbons (Fsp3) is 0.400. The molecule has 0 aliphatic heterocycles. The van der Waals surface area contributed by atoms with E-state index in [0.29, 0.717) is 4.83 Å². The number of aryl methyl sites for hydroxylation is 4. The van der Waals surface area contributed by atoms with Crippen molar-refractivity contribution in [2.24, 2.45) is 0 Å². The summed E-state index contributed by atoms with van der Waals surface area (Å²) < 4.78 is 0. The molecule has 2 aromatic carbocycles. The van der Waals surface area contributed by atoms with Crippen LogP contribution < -0.4 is 0 Å². The zero-order valence-electron chi connectivity index (χ0n) is 13.5. The monoisotopic (exact) mass is 344 g/mol. The van der Waals surface area contributed by atoms with E-state index in [-0.39, 0.29) is 0 Å². The van der Waals surface area contributed by atoms with E-state index in [2.05, 4.69) is 80.0 Å². The zero-order chi connectivity index (χ0) is 15.4. The summed E-state index contributed by atoms with van der Waals surface area (Å²) in [5, 5.41) is 0. The van der Waals surface area contributed by atoms with Gasteiger partial charge in [-0.2, -0.15) is 0 Å². The van der Waals surface area contributed by atoms with E-state index in [1.807, 2.05) is 0 Å². The molecule has 0 saturated carbocycles. The Morgan fingerprint density at radius 1 is 0.857 bits per heavy atom. The standard InChI is InChI=1S/C20H25Br/c1-5-16-9-10-18(6-2)19(12-16)20(21)13-17-8-7-14(3)15(4)11-17/h7-12,20H,5-6,13H2,1-4H3. The summed E-state index contributed by atoms with van der Waals surface area (Å²) in [4.78, 5) is 0.390. The van der Waals surface area contributed by atoms with Gasteiger partial charge in [-0.05, 0) is 66.5 Å². The molecule has 112 valence electrons. The fourth-order valence-corrected chi connectivity index (χ4v) is 3.53. The smallest absolute Gasteiger partial charge is 0.0438 e.